The SMILES string of the molecule is O=C1[C@H]2[C@@H](ON(c3ccccc3)[C@H]2c2ccc(Cl)cc2)C(=O)N1c1ccc(Cl)c(F)c1. The second-order valence-corrected chi connectivity index (χ2v) is 8.16. The number of para-hydroxylation sites is 1. The lowest BCUT2D eigenvalue weighted by molar-refractivity contribution is -0.126. The van der Waals surface area contributed by atoms with Gasteiger partial charge in [0.1, 0.15) is 11.7 Å². The maximum Gasteiger partial charge on any atom is 0.266 e. The van der Waals surface area contributed by atoms with Crippen LogP contribution in [-0.2, 0) is 14.4 Å². The van der Waals surface area contributed by atoms with Crippen molar-refractivity contribution in [1.82, 2.24) is 0 Å². The summed E-state index contributed by atoms with van der Waals surface area (Å²) < 4.78 is 14.0. The molecular weight excluding hydrogens is 442 g/mol. The van der Waals surface area contributed by atoms with Gasteiger partial charge in [0.25, 0.3) is 5.91 Å². The van der Waals surface area contributed by atoms with Crippen LogP contribution in [0.3, 0.4) is 0 Å². The molecule has 31 heavy (non-hydrogen) atoms. The van der Waals surface area contributed by atoms with E-state index in [9.17, 15) is 14.0 Å². The molecule has 5 nitrogen and oxygen atoms in total. The van der Waals surface area contributed by atoms with E-state index >= 15 is 0 Å². The Balaban J connectivity index is 1.58. The predicted octanol–water partition coefficient (Wildman–Crippen LogP) is 5.18. The number of carbonyl (C=O) groups is 2. The van der Waals surface area contributed by atoms with Crippen LogP contribution in [0.1, 0.15) is 11.6 Å². The van der Waals surface area contributed by atoms with Gasteiger partial charge in [0.05, 0.1) is 22.4 Å². The normalized spacial score (nSPS) is 22.9. The Labute approximate surface area is 187 Å². The van der Waals surface area contributed by atoms with Crippen molar-refractivity contribution >= 4 is 46.4 Å². The number of nitrogens with zero attached hydrogens (tertiary/aromatic N) is 2. The highest BCUT2D eigenvalue weighted by Crippen LogP contribution is 2.47. The van der Waals surface area contributed by atoms with Crippen LogP contribution in [0, 0.1) is 11.7 Å². The highest BCUT2D eigenvalue weighted by molar-refractivity contribution is 6.31. The van der Waals surface area contributed by atoms with Gasteiger partial charge in [-0.3, -0.25) is 14.4 Å². The number of benzene rings is 3. The van der Waals surface area contributed by atoms with E-state index in [1.807, 2.05) is 30.3 Å². The van der Waals surface area contributed by atoms with E-state index in [-0.39, 0.29) is 10.7 Å². The Kier molecular flexibility index (Phi) is 4.93. The number of carbonyl (C=O) groups excluding carboxylic acids is 2. The fraction of sp³-hybridized carbons (Fsp3) is 0.130. The first-order chi connectivity index (χ1) is 15.0. The molecule has 3 aromatic carbocycles. The maximum absolute atomic E-state index is 14.0. The van der Waals surface area contributed by atoms with Gasteiger partial charge in [-0.15, -0.1) is 0 Å². The molecule has 0 aromatic heterocycles. The molecule has 2 aliphatic heterocycles. The van der Waals surface area contributed by atoms with Crippen LogP contribution < -0.4 is 9.96 Å². The molecule has 0 N–H and O–H groups in total. The first-order valence-electron chi connectivity index (χ1n) is 9.55. The quantitative estimate of drug-likeness (QED) is 0.509. The molecule has 0 spiro atoms. The van der Waals surface area contributed by atoms with E-state index in [1.165, 1.54) is 12.1 Å². The molecule has 0 aliphatic carbocycles. The smallest absolute Gasteiger partial charge is 0.266 e. The van der Waals surface area contributed by atoms with Crippen LogP contribution in [0.25, 0.3) is 0 Å². The fourth-order valence-corrected chi connectivity index (χ4v) is 4.33. The molecule has 3 atom stereocenters. The van der Waals surface area contributed by atoms with Gasteiger partial charge in [0, 0.05) is 5.02 Å². The van der Waals surface area contributed by atoms with Crippen LogP contribution in [-0.4, -0.2) is 17.9 Å². The first-order valence-corrected chi connectivity index (χ1v) is 10.3. The van der Waals surface area contributed by atoms with Crippen LogP contribution in [0.4, 0.5) is 15.8 Å². The summed E-state index contributed by atoms with van der Waals surface area (Å²) in [7, 11) is 0. The van der Waals surface area contributed by atoms with E-state index in [1.54, 1.807) is 29.3 Å². The van der Waals surface area contributed by atoms with Crippen molar-refractivity contribution in [3.05, 3.63) is 94.2 Å². The summed E-state index contributed by atoms with van der Waals surface area (Å²) in [6.45, 7) is 0. The molecule has 2 heterocycles. The summed E-state index contributed by atoms with van der Waals surface area (Å²) in [6, 6.07) is 19.5. The average molecular weight is 457 g/mol. The number of hydrogen-bond acceptors (Lipinski definition) is 4. The third kappa shape index (κ3) is 3.28. The molecule has 0 bridgehead atoms. The van der Waals surface area contributed by atoms with Crippen LogP contribution in [0.2, 0.25) is 10.0 Å². The van der Waals surface area contributed by atoms with E-state index < -0.39 is 35.7 Å². The second kappa shape index (κ2) is 7.64. The van der Waals surface area contributed by atoms with Gasteiger partial charge in [-0.25, -0.2) is 14.4 Å². The molecule has 2 saturated heterocycles. The van der Waals surface area contributed by atoms with E-state index in [4.69, 9.17) is 28.0 Å². The lowest BCUT2D eigenvalue weighted by Crippen LogP contribution is -2.37. The van der Waals surface area contributed by atoms with Crippen LogP contribution in [0.15, 0.2) is 72.8 Å². The summed E-state index contributed by atoms with van der Waals surface area (Å²) in [5, 5.41) is 2.06. The standard InChI is InChI=1S/C23H15Cl2FN2O3/c24-14-8-6-13(7-9-14)20-19-21(31-28(20)15-4-2-1-3-5-15)23(30)27(22(19)29)16-10-11-17(25)18(26)12-16/h1-12,19-21H/t19-,20+,21-/m1/s1. The highest BCUT2D eigenvalue weighted by Gasteiger charge is 2.60. The zero-order valence-electron chi connectivity index (χ0n) is 15.9. The molecule has 0 unspecified atom stereocenters. The Bertz CT molecular complexity index is 1170. The molecule has 2 amide bonds. The van der Waals surface area contributed by atoms with Crippen LogP contribution in [0.5, 0.6) is 0 Å². The maximum atomic E-state index is 14.0. The fourth-order valence-electron chi connectivity index (χ4n) is 4.09. The van der Waals surface area contributed by atoms with E-state index in [0.717, 1.165) is 16.5 Å². The minimum atomic E-state index is -1.04. The van der Waals surface area contributed by atoms with Gasteiger partial charge < -0.3 is 0 Å². The average Bonchev–Trinajstić information content (AvgIpc) is 3.28. The lowest BCUT2D eigenvalue weighted by Gasteiger charge is -2.28. The van der Waals surface area contributed by atoms with Gasteiger partial charge in [-0.2, -0.15) is 0 Å². The number of halogens is 3. The third-order valence-corrected chi connectivity index (χ3v) is 6.06. The summed E-state index contributed by atoms with van der Waals surface area (Å²) in [5.74, 6) is -2.53. The summed E-state index contributed by atoms with van der Waals surface area (Å²) in [4.78, 5) is 33.6. The second-order valence-electron chi connectivity index (χ2n) is 7.32. The number of fused-ring (bicyclic) bond motifs is 1. The van der Waals surface area contributed by atoms with Crippen molar-refractivity contribution in [2.75, 3.05) is 9.96 Å². The zero-order valence-corrected chi connectivity index (χ0v) is 17.4. The summed E-state index contributed by atoms with van der Waals surface area (Å²) >= 11 is 11.8. The molecule has 0 radical (unpaired) electrons. The van der Waals surface area contributed by atoms with Crippen molar-refractivity contribution < 1.29 is 18.8 Å². The lowest BCUT2D eigenvalue weighted by atomic mass is 9.90. The largest absolute Gasteiger partial charge is 0.273 e. The van der Waals surface area contributed by atoms with Crippen molar-refractivity contribution in [2.24, 2.45) is 5.92 Å². The van der Waals surface area contributed by atoms with Crippen molar-refractivity contribution in [1.29, 1.82) is 0 Å². The van der Waals surface area contributed by atoms with Gasteiger partial charge in [-0.1, -0.05) is 53.5 Å². The minimum absolute atomic E-state index is 0.0893. The van der Waals surface area contributed by atoms with Gasteiger partial charge in [0.2, 0.25) is 5.91 Å². The number of rotatable bonds is 3. The van der Waals surface area contributed by atoms with Gasteiger partial charge in [-0.05, 0) is 48.0 Å². The zero-order chi connectivity index (χ0) is 21.7. The van der Waals surface area contributed by atoms with Crippen molar-refractivity contribution in [2.45, 2.75) is 12.1 Å². The molecule has 156 valence electrons. The topological polar surface area (TPSA) is 49.9 Å². The molecule has 3 aromatic rings. The molecule has 5 rings (SSSR count). The van der Waals surface area contributed by atoms with Gasteiger partial charge in [0.15, 0.2) is 6.10 Å². The Morgan fingerprint density at radius 2 is 1.55 bits per heavy atom. The van der Waals surface area contributed by atoms with E-state index in [0.29, 0.717) is 10.7 Å². The number of anilines is 2. The van der Waals surface area contributed by atoms with E-state index in [2.05, 4.69) is 0 Å². The number of amides is 2. The summed E-state index contributed by atoms with van der Waals surface area (Å²) in [5.41, 5.74) is 1.60. The summed E-state index contributed by atoms with van der Waals surface area (Å²) in [6.07, 6.45) is -1.04. The predicted molar refractivity (Wildman–Crippen MR) is 115 cm³/mol. The number of hydroxylamine groups is 1. The Morgan fingerprint density at radius 3 is 2.23 bits per heavy atom. The molecule has 0 saturated carbocycles. The number of hydrogen-bond donors (Lipinski definition) is 0. The monoisotopic (exact) mass is 456 g/mol. The molecular formula is C23H15Cl2FN2O3. The minimum Gasteiger partial charge on any atom is -0.273 e. The molecule has 8 heteroatoms. The van der Waals surface area contributed by atoms with Crippen molar-refractivity contribution in [3.63, 3.8) is 0 Å². The Hall–Kier alpha value is -2.93. The van der Waals surface area contributed by atoms with Gasteiger partial charge >= 0.3 is 0 Å². The highest BCUT2D eigenvalue weighted by atomic mass is 35.5. The molecule has 2 fully saturated rings. The first kappa shape index (κ1) is 20.0. The third-order valence-electron chi connectivity index (χ3n) is 5.50. The number of imide groups is 1. The van der Waals surface area contributed by atoms with Crippen LogP contribution >= 0.6 is 23.2 Å². The van der Waals surface area contributed by atoms with Crippen molar-refractivity contribution in [3.8, 4) is 0 Å². The molecule has 2 aliphatic rings. The Morgan fingerprint density at radius 1 is 0.839 bits per heavy atom.